The van der Waals surface area contributed by atoms with E-state index in [4.69, 9.17) is 16.3 Å². The summed E-state index contributed by atoms with van der Waals surface area (Å²) in [5, 5.41) is 3.41. The minimum absolute atomic E-state index is 0.0134. The van der Waals surface area contributed by atoms with Gasteiger partial charge >= 0.3 is 0 Å². The lowest BCUT2D eigenvalue weighted by Crippen LogP contribution is -2.37. The number of hydrogen-bond acceptors (Lipinski definition) is 3. The lowest BCUT2D eigenvalue weighted by atomic mass is 10.2. The number of benzene rings is 2. The van der Waals surface area contributed by atoms with Gasteiger partial charge in [-0.05, 0) is 49.4 Å². The second kappa shape index (κ2) is 7.57. The van der Waals surface area contributed by atoms with Gasteiger partial charge in [0.05, 0.1) is 12.6 Å². The van der Waals surface area contributed by atoms with Crippen molar-refractivity contribution in [2.75, 3.05) is 18.1 Å². The molecule has 0 radical (unpaired) electrons. The maximum absolute atomic E-state index is 12.3. The van der Waals surface area contributed by atoms with Crippen molar-refractivity contribution in [1.29, 1.82) is 0 Å². The number of hydrogen-bond donors (Lipinski definition) is 1. The minimum Gasteiger partial charge on any atom is -0.494 e. The number of amides is 2. The topological polar surface area (TPSA) is 58.6 Å². The van der Waals surface area contributed by atoms with Gasteiger partial charge in [0.1, 0.15) is 5.75 Å². The van der Waals surface area contributed by atoms with E-state index in [1.165, 1.54) is 0 Å². The first kappa shape index (κ1) is 17.3. The van der Waals surface area contributed by atoms with Gasteiger partial charge in [-0.15, -0.1) is 0 Å². The molecular formula is C19H19ClN2O3. The van der Waals surface area contributed by atoms with E-state index in [0.717, 1.165) is 11.4 Å². The van der Waals surface area contributed by atoms with Crippen molar-refractivity contribution >= 4 is 29.1 Å². The molecule has 6 heteroatoms. The molecule has 1 fully saturated rings. The molecule has 1 N–H and O–H groups in total. The van der Waals surface area contributed by atoms with Gasteiger partial charge in [0.15, 0.2) is 0 Å². The third-order valence-electron chi connectivity index (χ3n) is 4.01. The predicted octanol–water partition coefficient (Wildman–Crippen LogP) is 3.27. The van der Waals surface area contributed by atoms with E-state index in [9.17, 15) is 9.59 Å². The van der Waals surface area contributed by atoms with Crippen LogP contribution in [0.2, 0.25) is 5.02 Å². The van der Waals surface area contributed by atoms with Crippen molar-refractivity contribution < 1.29 is 14.3 Å². The summed E-state index contributed by atoms with van der Waals surface area (Å²) in [7, 11) is 0. The predicted molar refractivity (Wildman–Crippen MR) is 97.3 cm³/mol. The third-order valence-corrected chi connectivity index (χ3v) is 4.24. The average Bonchev–Trinajstić information content (AvgIpc) is 2.96. The van der Waals surface area contributed by atoms with Crippen LogP contribution in [-0.4, -0.2) is 31.0 Å². The Bertz CT molecular complexity index is 776. The summed E-state index contributed by atoms with van der Waals surface area (Å²) in [6, 6.07) is 13.9. The van der Waals surface area contributed by atoms with Crippen molar-refractivity contribution in [3.63, 3.8) is 0 Å². The van der Waals surface area contributed by atoms with E-state index in [1.807, 2.05) is 31.2 Å². The van der Waals surface area contributed by atoms with Gasteiger partial charge in [-0.2, -0.15) is 0 Å². The van der Waals surface area contributed by atoms with Crippen LogP contribution in [0.5, 0.6) is 5.75 Å². The highest BCUT2D eigenvalue weighted by molar-refractivity contribution is 6.30. The summed E-state index contributed by atoms with van der Waals surface area (Å²) in [5.74, 6) is 0.526. The Balaban J connectivity index is 1.65. The lowest BCUT2D eigenvalue weighted by molar-refractivity contribution is -0.117. The molecule has 1 aliphatic rings. The first-order chi connectivity index (χ1) is 12.1. The fourth-order valence-electron chi connectivity index (χ4n) is 2.84. The summed E-state index contributed by atoms with van der Waals surface area (Å²) in [4.78, 5) is 26.3. The van der Waals surface area contributed by atoms with Gasteiger partial charge < -0.3 is 15.0 Å². The van der Waals surface area contributed by atoms with Crippen LogP contribution < -0.4 is 15.0 Å². The van der Waals surface area contributed by atoms with Gasteiger partial charge in [0.25, 0.3) is 5.91 Å². The lowest BCUT2D eigenvalue weighted by Gasteiger charge is -2.17. The largest absolute Gasteiger partial charge is 0.494 e. The summed E-state index contributed by atoms with van der Waals surface area (Å²) in [5.41, 5.74) is 1.28. The Hall–Kier alpha value is -2.53. The molecule has 25 heavy (non-hydrogen) atoms. The second-order valence-corrected chi connectivity index (χ2v) is 6.25. The van der Waals surface area contributed by atoms with E-state index < -0.39 is 0 Å². The van der Waals surface area contributed by atoms with Gasteiger partial charge in [0.2, 0.25) is 5.91 Å². The Morgan fingerprint density at radius 2 is 2.04 bits per heavy atom. The third kappa shape index (κ3) is 4.12. The number of nitrogens with one attached hydrogen (secondary N) is 1. The van der Waals surface area contributed by atoms with E-state index in [2.05, 4.69) is 5.32 Å². The van der Waals surface area contributed by atoms with E-state index >= 15 is 0 Å². The van der Waals surface area contributed by atoms with Crippen LogP contribution in [0.25, 0.3) is 0 Å². The zero-order chi connectivity index (χ0) is 17.8. The van der Waals surface area contributed by atoms with Crippen LogP contribution in [0, 0.1) is 0 Å². The molecule has 1 atom stereocenters. The number of nitrogens with zero attached hydrogens (tertiary/aromatic N) is 1. The molecule has 1 saturated heterocycles. The fraction of sp³-hybridized carbons (Fsp3) is 0.263. The normalized spacial score (nSPS) is 16.8. The zero-order valence-electron chi connectivity index (χ0n) is 13.9. The Morgan fingerprint density at radius 1 is 1.28 bits per heavy atom. The zero-order valence-corrected chi connectivity index (χ0v) is 14.6. The first-order valence-electron chi connectivity index (χ1n) is 8.16. The van der Waals surface area contributed by atoms with Crippen LogP contribution in [0.15, 0.2) is 48.5 Å². The van der Waals surface area contributed by atoms with Crippen LogP contribution in [0.3, 0.4) is 0 Å². The highest BCUT2D eigenvalue weighted by Crippen LogP contribution is 2.24. The highest BCUT2D eigenvalue weighted by Gasteiger charge is 2.31. The average molecular weight is 359 g/mol. The van der Waals surface area contributed by atoms with Crippen molar-refractivity contribution in [2.45, 2.75) is 19.4 Å². The van der Waals surface area contributed by atoms with Gasteiger partial charge in [-0.25, -0.2) is 0 Å². The van der Waals surface area contributed by atoms with Crippen molar-refractivity contribution in [3.8, 4) is 5.75 Å². The molecular weight excluding hydrogens is 340 g/mol. The molecule has 130 valence electrons. The molecule has 1 aliphatic heterocycles. The second-order valence-electron chi connectivity index (χ2n) is 5.82. The van der Waals surface area contributed by atoms with Crippen molar-refractivity contribution in [2.24, 2.45) is 0 Å². The Kier molecular flexibility index (Phi) is 5.24. The summed E-state index contributed by atoms with van der Waals surface area (Å²) < 4.78 is 5.41. The molecule has 2 aromatic rings. The molecule has 2 amide bonds. The first-order valence-corrected chi connectivity index (χ1v) is 8.54. The molecule has 0 spiro atoms. The SMILES string of the molecule is CCOc1ccc(N2C[C@H](NC(=O)c3cccc(Cl)c3)CC2=O)cc1. The van der Waals surface area contributed by atoms with Gasteiger partial charge in [0, 0.05) is 29.2 Å². The Morgan fingerprint density at radius 3 is 2.72 bits per heavy atom. The quantitative estimate of drug-likeness (QED) is 0.892. The van der Waals surface area contributed by atoms with Crippen LogP contribution in [0.4, 0.5) is 5.69 Å². The molecule has 0 aromatic heterocycles. The molecule has 1 heterocycles. The van der Waals surface area contributed by atoms with Crippen LogP contribution in [0.1, 0.15) is 23.7 Å². The molecule has 0 bridgehead atoms. The van der Waals surface area contributed by atoms with Crippen LogP contribution in [-0.2, 0) is 4.79 Å². The molecule has 0 saturated carbocycles. The van der Waals surface area contributed by atoms with Gasteiger partial charge in [-0.1, -0.05) is 17.7 Å². The number of rotatable bonds is 5. The number of halogens is 1. The summed E-state index contributed by atoms with van der Waals surface area (Å²) >= 11 is 5.91. The molecule has 2 aromatic carbocycles. The number of anilines is 1. The molecule has 0 aliphatic carbocycles. The summed E-state index contributed by atoms with van der Waals surface area (Å²) in [6.07, 6.45) is 0.277. The van der Waals surface area contributed by atoms with Crippen molar-refractivity contribution in [3.05, 3.63) is 59.1 Å². The Labute approximate surface area is 151 Å². The van der Waals surface area contributed by atoms with E-state index in [-0.39, 0.29) is 24.3 Å². The minimum atomic E-state index is -0.231. The standard InChI is InChI=1S/C19H19ClN2O3/c1-2-25-17-8-6-16(7-9-17)22-12-15(11-18(22)23)21-19(24)13-4-3-5-14(20)10-13/h3-10,15H,2,11-12H2,1H3,(H,21,24)/t15-/m1/s1. The maximum atomic E-state index is 12.3. The van der Waals surface area contributed by atoms with Crippen molar-refractivity contribution in [1.82, 2.24) is 5.32 Å². The molecule has 5 nitrogen and oxygen atoms in total. The summed E-state index contributed by atoms with van der Waals surface area (Å²) in [6.45, 7) is 2.96. The maximum Gasteiger partial charge on any atom is 0.251 e. The monoisotopic (exact) mass is 358 g/mol. The number of ether oxygens (including phenoxy) is 1. The molecule has 3 rings (SSSR count). The number of carbonyl (C=O) groups is 2. The fourth-order valence-corrected chi connectivity index (χ4v) is 3.03. The highest BCUT2D eigenvalue weighted by atomic mass is 35.5. The van der Waals surface area contributed by atoms with E-state index in [1.54, 1.807) is 29.2 Å². The smallest absolute Gasteiger partial charge is 0.251 e. The van der Waals surface area contributed by atoms with Gasteiger partial charge in [-0.3, -0.25) is 9.59 Å². The number of carbonyl (C=O) groups excluding carboxylic acids is 2. The molecule has 0 unspecified atom stereocenters. The van der Waals surface area contributed by atoms with Crippen LogP contribution >= 0.6 is 11.6 Å². The van der Waals surface area contributed by atoms with E-state index in [0.29, 0.717) is 23.7 Å².